The van der Waals surface area contributed by atoms with Crippen molar-refractivity contribution in [1.29, 1.82) is 0 Å². The molecule has 0 saturated carbocycles. The van der Waals surface area contributed by atoms with E-state index in [-0.39, 0.29) is 29.7 Å². The fourth-order valence-electron chi connectivity index (χ4n) is 9.01. The number of nitrogens with one attached hydrogen (secondary N) is 2. The summed E-state index contributed by atoms with van der Waals surface area (Å²) in [6.45, 7) is 6.54. The minimum atomic E-state index is -5.80. The third-order valence-electron chi connectivity index (χ3n) is 12.1. The van der Waals surface area contributed by atoms with Crippen molar-refractivity contribution in [2.45, 2.75) is 64.4 Å². The first kappa shape index (κ1) is 50.0. The topological polar surface area (TPSA) is 326 Å². The largest absolute Gasteiger partial charge is 0.490 e. The molecule has 4 aromatic rings. The van der Waals surface area contributed by atoms with Gasteiger partial charge in [-0.25, -0.2) is 27.9 Å². The molecule has 69 heavy (non-hydrogen) atoms. The number of aromatic amines is 1. The molecule has 23 nitrogen and oxygen atoms in total. The van der Waals surface area contributed by atoms with Gasteiger partial charge in [0.15, 0.2) is 0 Å². The number of anilines is 1. The van der Waals surface area contributed by atoms with Gasteiger partial charge in [-0.05, 0) is 68.5 Å². The number of H-pyrrole nitrogens is 1. The first-order valence-corrected chi connectivity index (χ1v) is 26.3. The van der Waals surface area contributed by atoms with Crippen LogP contribution >= 0.6 is 23.5 Å². The number of rotatable bonds is 16. The van der Waals surface area contributed by atoms with Crippen LogP contribution in [0.3, 0.4) is 0 Å². The van der Waals surface area contributed by atoms with Crippen LogP contribution in [0, 0.1) is 0 Å². The second kappa shape index (κ2) is 19.8. The fraction of sp³-hybridized carbons (Fsp3) is 0.372. The van der Waals surface area contributed by atoms with Gasteiger partial charge in [-0.15, -0.1) is 0 Å². The number of carboxylic acids is 1. The highest BCUT2D eigenvalue weighted by Gasteiger charge is 2.43. The number of hydrogen-bond acceptors (Lipinski definition) is 14. The molecule has 8 rings (SSSR count). The second-order valence-electron chi connectivity index (χ2n) is 16.5. The number of hydrogen-bond donors (Lipinski definition) is 8. The zero-order valence-electron chi connectivity index (χ0n) is 37.0. The molecule has 26 heteroatoms. The van der Waals surface area contributed by atoms with E-state index in [1.54, 1.807) is 12.1 Å². The van der Waals surface area contributed by atoms with Crippen molar-refractivity contribution in [3.8, 4) is 11.5 Å². The maximum absolute atomic E-state index is 13.6. The van der Waals surface area contributed by atoms with E-state index in [4.69, 9.17) is 19.3 Å². The monoisotopic (exact) mass is 1020 g/mol. The molecule has 0 radical (unpaired) electrons. The van der Waals surface area contributed by atoms with Crippen molar-refractivity contribution in [3.05, 3.63) is 125 Å². The summed E-state index contributed by atoms with van der Waals surface area (Å²) in [4.78, 5) is 93.2. The van der Waals surface area contributed by atoms with Crippen LogP contribution in [0.25, 0.3) is 11.6 Å². The molecule has 1 fully saturated rings. The highest BCUT2D eigenvalue weighted by molar-refractivity contribution is 7.66. The van der Waals surface area contributed by atoms with Crippen molar-refractivity contribution in [2.24, 2.45) is 0 Å². The Bertz CT molecular complexity index is 3180. The number of carboxylic acid groups (broad SMARTS) is 1. The number of amides is 1. The molecule has 0 bridgehead atoms. The summed E-state index contributed by atoms with van der Waals surface area (Å²) in [5, 5.41) is 25.7. The summed E-state index contributed by atoms with van der Waals surface area (Å²) in [6.07, 6.45) is 2.88. The SMILES string of the molecule is CCN1CCCc2cc3c(cc21)Oc1cc2c(cc1=C3c1ccc(C(=O)NC/C=C/c3cn([C@H]4C[C@H](O)[C@@H](COP(=O)(O)OP(=O)(O)OP(=O)(O)O)O4)c(=O)[nH]c3=O)cc1C(=O)O)CCC[N+]=2CC. The number of nitrogens with zero attached hydrogens (tertiary/aromatic N) is 3. The summed E-state index contributed by atoms with van der Waals surface area (Å²) in [6, 6.07) is 12.8. The number of aliphatic hydroxyl groups is 1. The molecule has 1 saturated heterocycles. The molecule has 1 aromatic heterocycles. The van der Waals surface area contributed by atoms with Crippen LogP contribution in [0.1, 0.15) is 87.9 Å². The quantitative estimate of drug-likeness (QED) is 0.0519. The number of aliphatic hydroxyl groups excluding tert-OH is 1. The smallest absolute Gasteiger partial charge is 0.478 e. The number of aryl methyl sites for hydroxylation is 2. The van der Waals surface area contributed by atoms with Crippen molar-refractivity contribution in [3.63, 3.8) is 0 Å². The number of phosphoric ester groups is 1. The first-order valence-electron chi connectivity index (χ1n) is 21.8. The van der Waals surface area contributed by atoms with Crippen LogP contribution in [-0.4, -0.2) is 103 Å². The standard InChI is InChI=1S/C43H48N5O18P3/c1-3-46-14-6-9-24-16-30-35(19-32(24)46)63-36-20-33-25(10-7-15-47(33)4-2)17-31(36)39(30)28-12-11-26(18-29(28)42(52)53)40(50)44-13-5-8-27-22-48(43(54)45-41(27)51)38-21-34(49)37(64-38)23-62-68(58,59)66-69(60,61)65-67(55,56)57/h5,8,11-12,16-20,22,34,37-38,49H,3-4,6-7,9-10,13-15,21,23H2,1-2H3,(H6-,44,45,50,51,52,53,54,55,56,57,58,59,60,61)/p+1/b8-5+/t34-,37+,38+/m0/s1. The Balaban J connectivity index is 1.01. The van der Waals surface area contributed by atoms with E-state index in [0.717, 1.165) is 95.6 Å². The van der Waals surface area contributed by atoms with Crippen molar-refractivity contribution in [2.75, 3.05) is 44.2 Å². The maximum Gasteiger partial charge on any atom is 0.490 e. The fourth-order valence-corrected chi connectivity index (χ4v) is 12.0. The number of aromatic carboxylic acids is 1. The molecule has 4 aliphatic heterocycles. The van der Waals surface area contributed by atoms with E-state index in [1.807, 2.05) is 12.1 Å². The normalized spacial score (nSPS) is 20.6. The Morgan fingerprint density at radius 2 is 1.72 bits per heavy atom. The summed E-state index contributed by atoms with van der Waals surface area (Å²) in [7, 11) is -17.0. The summed E-state index contributed by atoms with van der Waals surface area (Å²) < 4.78 is 62.0. The van der Waals surface area contributed by atoms with E-state index in [1.165, 1.54) is 18.2 Å². The lowest BCUT2D eigenvalue weighted by Crippen LogP contribution is -2.39. The van der Waals surface area contributed by atoms with Crippen molar-refractivity contribution < 1.29 is 75.7 Å². The molecule has 0 aliphatic carbocycles. The number of aromatic nitrogens is 2. The third kappa shape index (κ3) is 11.0. The van der Waals surface area contributed by atoms with Crippen molar-refractivity contribution >= 4 is 52.7 Å². The molecule has 4 aliphatic rings. The van der Waals surface area contributed by atoms with Gasteiger partial charge in [-0.3, -0.25) is 23.7 Å². The van der Waals surface area contributed by atoms with Gasteiger partial charge in [0.1, 0.15) is 36.9 Å². The van der Waals surface area contributed by atoms with E-state index in [0.29, 0.717) is 22.6 Å². The summed E-state index contributed by atoms with van der Waals surface area (Å²) in [5.41, 5.74) is 3.27. The molecule has 2 unspecified atom stereocenters. The van der Waals surface area contributed by atoms with Gasteiger partial charge in [-0.2, -0.15) is 8.62 Å². The molecule has 3 aromatic carbocycles. The molecular weight excluding hydrogens is 967 g/mol. The van der Waals surface area contributed by atoms with E-state index in [9.17, 15) is 52.9 Å². The Morgan fingerprint density at radius 1 is 0.957 bits per heavy atom. The Kier molecular flexibility index (Phi) is 14.3. The number of carbonyl (C=O) groups excluding carboxylic acids is 1. The van der Waals surface area contributed by atoms with Gasteiger partial charge in [-0.1, -0.05) is 18.2 Å². The predicted octanol–water partition coefficient (Wildman–Crippen LogP) is 2.25. The number of carbonyl (C=O) groups is 2. The zero-order valence-corrected chi connectivity index (χ0v) is 39.7. The van der Waals surface area contributed by atoms with E-state index in [2.05, 4.69) is 58.9 Å². The first-order chi connectivity index (χ1) is 32.6. The highest BCUT2D eigenvalue weighted by atomic mass is 31.3. The molecule has 0 spiro atoms. The van der Waals surface area contributed by atoms with Gasteiger partial charge in [0.05, 0.1) is 29.9 Å². The van der Waals surface area contributed by atoms with Crippen LogP contribution in [0.15, 0.2) is 64.3 Å². The minimum Gasteiger partial charge on any atom is -0.478 e. The van der Waals surface area contributed by atoms with E-state index < -0.39 is 71.6 Å². The third-order valence-corrected chi connectivity index (χ3v) is 15.9. The van der Waals surface area contributed by atoms with Gasteiger partial charge >= 0.3 is 35.1 Å². The van der Waals surface area contributed by atoms with E-state index >= 15 is 0 Å². The lowest BCUT2D eigenvalue weighted by atomic mass is 9.86. The van der Waals surface area contributed by atoms with Crippen LogP contribution in [-0.2, 0) is 44.4 Å². The number of phosphoric acid groups is 3. The van der Waals surface area contributed by atoms with Gasteiger partial charge < -0.3 is 49.5 Å². The van der Waals surface area contributed by atoms with Crippen LogP contribution in [0.2, 0.25) is 0 Å². The molecule has 5 heterocycles. The second-order valence-corrected chi connectivity index (χ2v) is 21.0. The Morgan fingerprint density at radius 3 is 2.45 bits per heavy atom. The van der Waals surface area contributed by atoms with Gasteiger partial charge in [0.2, 0.25) is 5.36 Å². The van der Waals surface area contributed by atoms with Crippen LogP contribution in [0.4, 0.5) is 5.69 Å². The molecular formula is C43H49N5O18P3+. The van der Waals surface area contributed by atoms with Gasteiger partial charge in [0.25, 0.3) is 11.5 Å². The molecule has 368 valence electrons. The number of ether oxygens (including phenoxy) is 2. The minimum absolute atomic E-state index is 0.0524. The maximum atomic E-state index is 13.6. The number of fused-ring (bicyclic) bond motifs is 4. The van der Waals surface area contributed by atoms with Crippen LogP contribution in [0.5, 0.6) is 11.5 Å². The average molecular weight is 1020 g/mol. The molecule has 5 atom stereocenters. The van der Waals surface area contributed by atoms with Crippen molar-refractivity contribution in [1.82, 2.24) is 19.4 Å². The Hall–Kier alpha value is -5.38. The lowest BCUT2D eigenvalue weighted by Gasteiger charge is -2.32. The molecule has 8 N–H and O–H groups in total. The lowest BCUT2D eigenvalue weighted by molar-refractivity contribution is -0.0450. The van der Waals surface area contributed by atoms with Crippen LogP contribution < -0.4 is 41.4 Å². The summed E-state index contributed by atoms with van der Waals surface area (Å²) >= 11 is 0. The average Bonchev–Trinajstić information content (AvgIpc) is 3.65. The molecule has 1 amide bonds. The number of benzene rings is 3. The van der Waals surface area contributed by atoms with Gasteiger partial charge in [0, 0.05) is 77.9 Å². The summed E-state index contributed by atoms with van der Waals surface area (Å²) in [5.74, 6) is -0.645. The predicted molar refractivity (Wildman–Crippen MR) is 245 cm³/mol. The highest BCUT2D eigenvalue weighted by Crippen LogP contribution is 2.66. The Labute approximate surface area is 392 Å². The zero-order chi connectivity index (χ0) is 49.6.